The second-order valence-corrected chi connectivity index (χ2v) is 6.63. The van der Waals surface area contributed by atoms with Crippen molar-refractivity contribution in [2.24, 2.45) is 5.92 Å². The van der Waals surface area contributed by atoms with Gasteiger partial charge in [-0.15, -0.1) is 0 Å². The normalized spacial score (nSPS) is 10.9. The summed E-state index contributed by atoms with van der Waals surface area (Å²) in [6.07, 6.45) is 5.29. The van der Waals surface area contributed by atoms with Crippen molar-refractivity contribution in [3.05, 3.63) is 66.4 Å². The number of aromatic nitrogens is 3. The van der Waals surface area contributed by atoms with Gasteiger partial charge in [0.1, 0.15) is 0 Å². The van der Waals surface area contributed by atoms with Gasteiger partial charge in [0, 0.05) is 30.1 Å². The third-order valence-corrected chi connectivity index (χ3v) is 4.05. The molecule has 0 atom stereocenters. The maximum absolute atomic E-state index is 12.4. The molecule has 2 heterocycles. The van der Waals surface area contributed by atoms with Crippen LogP contribution in [0.5, 0.6) is 0 Å². The summed E-state index contributed by atoms with van der Waals surface area (Å²) >= 11 is 0. The van der Waals surface area contributed by atoms with E-state index in [2.05, 4.69) is 33.7 Å². The number of carbonyl (C=O) groups excluding carboxylic acids is 1. The van der Waals surface area contributed by atoms with Crippen molar-refractivity contribution >= 4 is 11.6 Å². The molecule has 0 aliphatic heterocycles. The minimum atomic E-state index is -0.122. The standard InChI is InChI=1S/C20H23N5O/c1-14(2)12-25-13-22-10-17(25)11-24-20(26)16-7-5-15(6-8-16)19-18(21)4-3-9-23-19/h3-10,13-14H,11-12,21H2,1-2H3,(H,24,26). The number of rotatable bonds is 6. The Hall–Kier alpha value is -3.15. The molecule has 0 aliphatic carbocycles. The minimum absolute atomic E-state index is 0.122. The number of amides is 1. The molecule has 0 radical (unpaired) electrons. The molecule has 1 aromatic carbocycles. The molecule has 6 nitrogen and oxygen atoms in total. The van der Waals surface area contributed by atoms with Crippen molar-refractivity contribution < 1.29 is 4.79 Å². The van der Waals surface area contributed by atoms with E-state index in [4.69, 9.17) is 5.73 Å². The second-order valence-electron chi connectivity index (χ2n) is 6.63. The molecule has 0 aliphatic rings. The smallest absolute Gasteiger partial charge is 0.251 e. The number of nitrogens with zero attached hydrogens (tertiary/aromatic N) is 3. The lowest BCUT2D eigenvalue weighted by atomic mass is 10.1. The van der Waals surface area contributed by atoms with Crippen LogP contribution < -0.4 is 11.1 Å². The molecule has 0 fully saturated rings. The van der Waals surface area contributed by atoms with E-state index >= 15 is 0 Å². The average molecular weight is 349 g/mol. The van der Waals surface area contributed by atoms with Crippen LogP contribution in [0.3, 0.4) is 0 Å². The molecule has 0 saturated carbocycles. The number of anilines is 1. The van der Waals surface area contributed by atoms with Crippen LogP contribution in [0.2, 0.25) is 0 Å². The van der Waals surface area contributed by atoms with E-state index in [-0.39, 0.29) is 5.91 Å². The van der Waals surface area contributed by atoms with Crippen LogP contribution in [-0.2, 0) is 13.1 Å². The monoisotopic (exact) mass is 349 g/mol. The third-order valence-electron chi connectivity index (χ3n) is 4.05. The van der Waals surface area contributed by atoms with Gasteiger partial charge in [-0.3, -0.25) is 9.78 Å². The van der Waals surface area contributed by atoms with Gasteiger partial charge in [-0.2, -0.15) is 0 Å². The van der Waals surface area contributed by atoms with Crippen LogP contribution in [0.25, 0.3) is 11.3 Å². The number of nitrogen functional groups attached to an aromatic ring is 1. The number of pyridine rings is 1. The number of nitrogens with two attached hydrogens (primary N) is 1. The highest BCUT2D eigenvalue weighted by molar-refractivity contribution is 5.94. The Labute approximate surface area is 153 Å². The number of nitrogens with one attached hydrogen (secondary N) is 1. The molecule has 0 unspecified atom stereocenters. The van der Waals surface area contributed by atoms with Gasteiger partial charge in [0.2, 0.25) is 0 Å². The summed E-state index contributed by atoms with van der Waals surface area (Å²) < 4.78 is 2.07. The Morgan fingerprint density at radius 3 is 2.69 bits per heavy atom. The predicted molar refractivity (Wildman–Crippen MR) is 102 cm³/mol. The first-order chi connectivity index (χ1) is 12.5. The van der Waals surface area contributed by atoms with Crippen molar-refractivity contribution in [1.82, 2.24) is 19.9 Å². The summed E-state index contributed by atoms with van der Waals surface area (Å²) in [5.41, 5.74) is 9.75. The van der Waals surface area contributed by atoms with Gasteiger partial charge in [-0.1, -0.05) is 26.0 Å². The molecule has 1 amide bonds. The number of hydrogen-bond acceptors (Lipinski definition) is 4. The fraction of sp³-hybridized carbons (Fsp3) is 0.250. The molecule has 134 valence electrons. The van der Waals surface area contributed by atoms with Gasteiger partial charge in [0.15, 0.2) is 0 Å². The van der Waals surface area contributed by atoms with Crippen LogP contribution >= 0.6 is 0 Å². The third kappa shape index (κ3) is 4.08. The van der Waals surface area contributed by atoms with Crippen molar-refractivity contribution in [2.45, 2.75) is 26.9 Å². The molecule has 3 rings (SSSR count). The van der Waals surface area contributed by atoms with Gasteiger partial charge in [0.25, 0.3) is 5.91 Å². The lowest BCUT2D eigenvalue weighted by Gasteiger charge is -2.11. The fourth-order valence-corrected chi connectivity index (χ4v) is 2.76. The largest absolute Gasteiger partial charge is 0.397 e. The van der Waals surface area contributed by atoms with E-state index in [0.717, 1.165) is 23.5 Å². The second kappa shape index (κ2) is 7.82. The van der Waals surface area contributed by atoms with Gasteiger partial charge in [-0.25, -0.2) is 4.98 Å². The van der Waals surface area contributed by atoms with Crippen LogP contribution in [0, 0.1) is 5.92 Å². The molecular weight excluding hydrogens is 326 g/mol. The highest BCUT2D eigenvalue weighted by Crippen LogP contribution is 2.23. The molecule has 2 aromatic heterocycles. The maximum atomic E-state index is 12.4. The Kier molecular flexibility index (Phi) is 5.31. The minimum Gasteiger partial charge on any atom is -0.397 e. The van der Waals surface area contributed by atoms with Crippen LogP contribution in [0.4, 0.5) is 5.69 Å². The van der Waals surface area contributed by atoms with Crippen LogP contribution in [-0.4, -0.2) is 20.4 Å². The van der Waals surface area contributed by atoms with E-state index < -0.39 is 0 Å². The SMILES string of the molecule is CC(C)Cn1cncc1CNC(=O)c1ccc(-c2ncccc2N)cc1. The molecule has 26 heavy (non-hydrogen) atoms. The molecule has 3 N–H and O–H groups in total. The summed E-state index contributed by atoms with van der Waals surface area (Å²) in [4.78, 5) is 20.9. The summed E-state index contributed by atoms with van der Waals surface area (Å²) in [5, 5.41) is 2.95. The topological polar surface area (TPSA) is 85.8 Å². The highest BCUT2D eigenvalue weighted by atomic mass is 16.1. The summed E-state index contributed by atoms with van der Waals surface area (Å²) in [5.74, 6) is 0.396. The average Bonchev–Trinajstić information content (AvgIpc) is 3.06. The van der Waals surface area contributed by atoms with Crippen LogP contribution in [0.15, 0.2) is 55.1 Å². The van der Waals surface area contributed by atoms with E-state index in [9.17, 15) is 4.79 Å². The summed E-state index contributed by atoms with van der Waals surface area (Å²) in [7, 11) is 0. The van der Waals surface area contributed by atoms with Crippen molar-refractivity contribution in [2.75, 3.05) is 5.73 Å². The van der Waals surface area contributed by atoms with Crippen LogP contribution in [0.1, 0.15) is 29.9 Å². The Morgan fingerprint density at radius 1 is 1.23 bits per heavy atom. The molecule has 0 spiro atoms. The molecule has 3 aromatic rings. The van der Waals surface area contributed by atoms with Gasteiger partial charge < -0.3 is 15.6 Å². The number of carbonyl (C=O) groups is 1. The highest BCUT2D eigenvalue weighted by Gasteiger charge is 2.10. The predicted octanol–water partition coefficient (Wildman–Crippen LogP) is 3.11. The zero-order chi connectivity index (χ0) is 18.5. The lowest BCUT2D eigenvalue weighted by Crippen LogP contribution is -2.24. The molecular formula is C20H23N5O. The first-order valence-electron chi connectivity index (χ1n) is 8.62. The first-order valence-corrected chi connectivity index (χ1v) is 8.62. The fourth-order valence-electron chi connectivity index (χ4n) is 2.76. The summed E-state index contributed by atoms with van der Waals surface area (Å²) in [6, 6.07) is 10.9. The Morgan fingerprint density at radius 2 is 2.00 bits per heavy atom. The number of benzene rings is 1. The van der Waals surface area contributed by atoms with E-state index in [0.29, 0.717) is 23.7 Å². The van der Waals surface area contributed by atoms with Gasteiger partial charge in [-0.05, 0) is 30.2 Å². The van der Waals surface area contributed by atoms with E-state index in [1.54, 1.807) is 36.9 Å². The Balaban J connectivity index is 1.66. The summed E-state index contributed by atoms with van der Waals surface area (Å²) in [6.45, 7) is 5.63. The maximum Gasteiger partial charge on any atom is 0.251 e. The molecule has 0 saturated heterocycles. The zero-order valence-corrected chi connectivity index (χ0v) is 15.0. The Bertz CT molecular complexity index is 883. The quantitative estimate of drug-likeness (QED) is 0.716. The number of hydrogen-bond donors (Lipinski definition) is 2. The van der Waals surface area contributed by atoms with Crippen molar-refractivity contribution in [3.63, 3.8) is 0 Å². The number of imidazole rings is 1. The lowest BCUT2D eigenvalue weighted by molar-refractivity contribution is 0.0950. The van der Waals surface area contributed by atoms with Gasteiger partial charge in [0.05, 0.1) is 29.9 Å². The zero-order valence-electron chi connectivity index (χ0n) is 15.0. The van der Waals surface area contributed by atoms with E-state index in [1.165, 1.54) is 0 Å². The van der Waals surface area contributed by atoms with Crippen molar-refractivity contribution in [1.29, 1.82) is 0 Å². The molecule has 0 bridgehead atoms. The molecule has 6 heteroatoms. The van der Waals surface area contributed by atoms with E-state index in [1.807, 2.05) is 18.2 Å². The van der Waals surface area contributed by atoms with Crippen molar-refractivity contribution in [3.8, 4) is 11.3 Å². The first kappa shape index (κ1) is 17.7. The van der Waals surface area contributed by atoms with Gasteiger partial charge >= 0.3 is 0 Å².